The van der Waals surface area contributed by atoms with Gasteiger partial charge in [0, 0.05) is 22.7 Å². The fraction of sp³-hybridized carbons (Fsp3) is 0.0588. The molecule has 3 rings (SSSR count). The van der Waals surface area contributed by atoms with E-state index in [-0.39, 0.29) is 27.2 Å². The summed E-state index contributed by atoms with van der Waals surface area (Å²) in [6, 6.07) is 5.05. The lowest BCUT2D eigenvalue weighted by atomic mass is 10.1. The molecule has 0 aliphatic rings. The van der Waals surface area contributed by atoms with Gasteiger partial charge in [0.25, 0.3) is 0 Å². The molecule has 0 aliphatic carbocycles. The number of aromatic carboxylic acids is 1. The molecule has 0 saturated carbocycles. The highest BCUT2D eigenvalue weighted by Crippen LogP contribution is 2.27. The van der Waals surface area contributed by atoms with E-state index in [2.05, 4.69) is 10.3 Å². The number of anilines is 1. The van der Waals surface area contributed by atoms with Crippen LogP contribution in [0.1, 0.15) is 16.1 Å². The van der Waals surface area contributed by atoms with E-state index in [4.69, 9.17) is 11.6 Å². The number of fused-ring (bicyclic) bond motifs is 1. The van der Waals surface area contributed by atoms with Gasteiger partial charge in [0.15, 0.2) is 0 Å². The van der Waals surface area contributed by atoms with Crippen molar-refractivity contribution in [2.75, 3.05) is 5.32 Å². The molecular formula is C17H10ClF3N2O3. The Kier molecular flexibility index (Phi) is 4.60. The molecule has 0 saturated heterocycles. The molecule has 0 radical (unpaired) electrons. The van der Waals surface area contributed by atoms with Gasteiger partial charge in [0.1, 0.15) is 23.1 Å². The van der Waals surface area contributed by atoms with E-state index in [9.17, 15) is 27.9 Å². The van der Waals surface area contributed by atoms with Gasteiger partial charge >= 0.3 is 5.97 Å². The third-order valence-corrected chi connectivity index (χ3v) is 3.98. The zero-order valence-corrected chi connectivity index (χ0v) is 13.6. The van der Waals surface area contributed by atoms with Crippen LogP contribution < -0.4 is 5.32 Å². The molecule has 134 valence electrons. The third kappa shape index (κ3) is 3.36. The second kappa shape index (κ2) is 6.72. The quantitative estimate of drug-likeness (QED) is 0.635. The van der Waals surface area contributed by atoms with Crippen molar-refractivity contribution in [1.82, 2.24) is 4.98 Å². The minimum Gasteiger partial charge on any atom is -0.477 e. The first-order chi connectivity index (χ1) is 12.3. The summed E-state index contributed by atoms with van der Waals surface area (Å²) in [4.78, 5) is 25.9. The minimum absolute atomic E-state index is 0.0489. The van der Waals surface area contributed by atoms with Crippen LogP contribution in [0.2, 0.25) is 5.02 Å². The molecule has 0 aliphatic heterocycles. The summed E-state index contributed by atoms with van der Waals surface area (Å²) >= 11 is 5.63. The normalized spacial score (nSPS) is 10.9. The van der Waals surface area contributed by atoms with Crippen molar-refractivity contribution in [3.05, 3.63) is 64.1 Å². The molecule has 26 heavy (non-hydrogen) atoms. The molecule has 1 heterocycles. The topological polar surface area (TPSA) is 82.2 Å². The number of rotatable bonds is 4. The molecule has 3 N–H and O–H groups in total. The fourth-order valence-electron chi connectivity index (χ4n) is 2.58. The molecule has 0 atom stereocenters. The highest BCUT2D eigenvalue weighted by molar-refractivity contribution is 6.31. The van der Waals surface area contributed by atoms with Crippen LogP contribution in [0.5, 0.6) is 0 Å². The highest BCUT2D eigenvalue weighted by atomic mass is 35.5. The summed E-state index contributed by atoms with van der Waals surface area (Å²) in [7, 11) is 0. The Morgan fingerprint density at radius 1 is 1.12 bits per heavy atom. The van der Waals surface area contributed by atoms with Crippen molar-refractivity contribution >= 4 is 40.1 Å². The standard InChI is InChI=1S/C17H10ClF3N2O3/c18-11-5-8(1-2-12(11)20)22-14(24)6-10-9-3-7(19)4-13(21)15(9)23-16(10)17(25)26/h1-5,23H,6H2,(H,22,24)(H,25,26). The van der Waals surface area contributed by atoms with Crippen LogP contribution in [-0.2, 0) is 11.2 Å². The van der Waals surface area contributed by atoms with Gasteiger partial charge in [-0.3, -0.25) is 4.79 Å². The number of H-pyrrole nitrogens is 1. The number of aromatic nitrogens is 1. The largest absolute Gasteiger partial charge is 0.477 e. The van der Waals surface area contributed by atoms with E-state index in [0.717, 1.165) is 12.1 Å². The van der Waals surface area contributed by atoms with Crippen molar-refractivity contribution in [2.45, 2.75) is 6.42 Å². The fourth-order valence-corrected chi connectivity index (χ4v) is 2.76. The summed E-state index contributed by atoms with van der Waals surface area (Å²) < 4.78 is 40.5. The predicted octanol–water partition coefficient (Wildman–Crippen LogP) is 4.12. The van der Waals surface area contributed by atoms with Gasteiger partial charge in [0.05, 0.1) is 17.0 Å². The number of carboxylic acids is 1. The SMILES string of the molecule is O=C(Cc1c(C(=O)O)[nH]c2c(F)cc(F)cc12)Nc1ccc(F)c(Cl)c1. The molecular weight excluding hydrogens is 373 g/mol. The number of halogens is 4. The highest BCUT2D eigenvalue weighted by Gasteiger charge is 2.22. The van der Waals surface area contributed by atoms with Gasteiger partial charge in [-0.05, 0) is 24.3 Å². The van der Waals surface area contributed by atoms with E-state index in [1.54, 1.807) is 0 Å². The molecule has 3 aromatic rings. The smallest absolute Gasteiger partial charge is 0.352 e. The van der Waals surface area contributed by atoms with E-state index in [1.165, 1.54) is 12.1 Å². The van der Waals surface area contributed by atoms with Crippen LogP contribution in [0.15, 0.2) is 30.3 Å². The molecule has 1 amide bonds. The van der Waals surface area contributed by atoms with Gasteiger partial charge in [-0.25, -0.2) is 18.0 Å². The Balaban J connectivity index is 1.96. The molecule has 0 spiro atoms. The van der Waals surface area contributed by atoms with Crippen LogP contribution in [-0.4, -0.2) is 22.0 Å². The maximum absolute atomic E-state index is 13.9. The number of nitrogens with one attached hydrogen (secondary N) is 2. The summed E-state index contributed by atoms with van der Waals surface area (Å²) in [5.74, 6) is -4.63. The minimum atomic E-state index is -1.42. The van der Waals surface area contributed by atoms with Crippen molar-refractivity contribution in [2.24, 2.45) is 0 Å². The van der Waals surface area contributed by atoms with Crippen molar-refractivity contribution in [1.29, 1.82) is 0 Å². The number of carbonyl (C=O) groups excluding carboxylic acids is 1. The van der Waals surface area contributed by atoms with E-state index >= 15 is 0 Å². The zero-order valence-electron chi connectivity index (χ0n) is 12.9. The number of amides is 1. The lowest BCUT2D eigenvalue weighted by molar-refractivity contribution is -0.115. The first-order valence-corrected chi connectivity index (χ1v) is 7.62. The van der Waals surface area contributed by atoms with E-state index < -0.39 is 41.4 Å². The molecule has 5 nitrogen and oxygen atoms in total. The van der Waals surface area contributed by atoms with Crippen molar-refractivity contribution in [3.8, 4) is 0 Å². The molecule has 2 aromatic carbocycles. The molecule has 0 fully saturated rings. The second-order valence-corrected chi connectivity index (χ2v) is 5.85. The average Bonchev–Trinajstić information content (AvgIpc) is 2.90. The maximum Gasteiger partial charge on any atom is 0.352 e. The first kappa shape index (κ1) is 17.8. The third-order valence-electron chi connectivity index (χ3n) is 3.69. The molecule has 0 unspecified atom stereocenters. The summed E-state index contributed by atoms with van der Waals surface area (Å²) in [6.07, 6.45) is -0.473. The monoisotopic (exact) mass is 382 g/mol. The van der Waals surface area contributed by atoms with E-state index in [0.29, 0.717) is 6.07 Å². The lowest BCUT2D eigenvalue weighted by Gasteiger charge is -2.07. The van der Waals surface area contributed by atoms with Crippen LogP contribution >= 0.6 is 11.6 Å². The number of carbonyl (C=O) groups is 2. The number of aromatic amines is 1. The number of hydrogen-bond donors (Lipinski definition) is 3. The lowest BCUT2D eigenvalue weighted by Crippen LogP contribution is -2.16. The van der Waals surface area contributed by atoms with Crippen molar-refractivity contribution in [3.63, 3.8) is 0 Å². The van der Waals surface area contributed by atoms with Crippen molar-refractivity contribution < 1.29 is 27.9 Å². The van der Waals surface area contributed by atoms with Gasteiger partial charge in [-0.1, -0.05) is 11.6 Å². The number of benzene rings is 2. The van der Waals surface area contributed by atoms with Gasteiger partial charge in [0.2, 0.25) is 5.91 Å². The maximum atomic E-state index is 13.9. The molecule has 9 heteroatoms. The molecule has 0 bridgehead atoms. The second-order valence-electron chi connectivity index (χ2n) is 5.45. The molecule has 1 aromatic heterocycles. The predicted molar refractivity (Wildman–Crippen MR) is 88.9 cm³/mol. The Hall–Kier alpha value is -3.00. The van der Waals surface area contributed by atoms with Gasteiger partial charge < -0.3 is 15.4 Å². The van der Waals surface area contributed by atoms with Crippen LogP contribution in [0, 0.1) is 17.5 Å². The summed E-state index contributed by atoms with van der Waals surface area (Å²) in [6.45, 7) is 0. The van der Waals surface area contributed by atoms with Gasteiger partial charge in [-0.2, -0.15) is 0 Å². The Bertz CT molecular complexity index is 1050. The van der Waals surface area contributed by atoms with Crippen LogP contribution in [0.3, 0.4) is 0 Å². The van der Waals surface area contributed by atoms with Crippen LogP contribution in [0.4, 0.5) is 18.9 Å². The Labute approximate surface area is 149 Å². The number of hydrogen-bond acceptors (Lipinski definition) is 2. The Morgan fingerprint density at radius 3 is 2.50 bits per heavy atom. The van der Waals surface area contributed by atoms with Crippen LogP contribution in [0.25, 0.3) is 10.9 Å². The Morgan fingerprint density at radius 2 is 1.85 bits per heavy atom. The summed E-state index contributed by atoms with van der Waals surface area (Å²) in [5.41, 5.74) is -0.514. The average molecular weight is 383 g/mol. The first-order valence-electron chi connectivity index (χ1n) is 7.24. The zero-order chi connectivity index (χ0) is 19.0. The summed E-state index contributed by atoms with van der Waals surface area (Å²) in [5, 5.41) is 11.4. The van der Waals surface area contributed by atoms with Gasteiger partial charge in [-0.15, -0.1) is 0 Å². The van der Waals surface area contributed by atoms with E-state index in [1.807, 2.05) is 0 Å². The number of carboxylic acid groups (broad SMARTS) is 1.